The monoisotopic (exact) mass is 718 g/mol. The summed E-state index contributed by atoms with van der Waals surface area (Å²) in [6, 6.07) is 17.1. The van der Waals surface area contributed by atoms with E-state index in [0.717, 1.165) is 22.8 Å². The Balaban J connectivity index is 1.17. The number of ether oxygens (including phenoxy) is 2. The van der Waals surface area contributed by atoms with E-state index in [1.165, 1.54) is 0 Å². The third-order valence-corrected chi connectivity index (χ3v) is 10.9. The summed E-state index contributed by atoms with van der Waals surface area (Å²) in [6.07, 6.45) is 1.81. The molecular formula is C39H41F3N4O6. The molecule has 0 aromatic heterocycles. The van der Waals surface area contributed by atoms with Crippen molar-refractivity contribution < 1.29 is 42.1 Å². The van der Waals surface area contributed by atoms with E-state index in [-0.39, 0.29) is 45.1 Å². The predicted octanol–water partition coefficient (Wildman–Crippen LogP) is 3.54. The number of β-amino-alcohol motifs (C(OH)–C–C–N with tert-alkyl or cyclic N) is 1. The maximum atomic E-state index is 14.1. The summed E-state index contributed by atoms with van der Waals surface area (Å²) in [5.41, 5.74) is 7.70. The van der Waals surface area contributed by atoms with Crippen molar-refractivity contribution >= 4 is 23.4 Å². The van der Waals surface area contributed by atoms with E-state index in [9.17, 15) is 32.7 Å². The molecule has 274 valence electrons. The molecule has 1 unspecified atom stereocenters. The minimum atomic E-state index is -1.37. The highest BCUT2D eigenvalue weighted by molar-refractivity contribution is 6.01. The number of aliphatic hydroxyl groups is 1. The molecule has 4 atom stereocenters. The van der Waals surface area contributed by atoms with E-state index < -0.39 is 64.2 Å². The Morgan fingerprint density at radius 1 is 0.962 bits per heavy atom. The molecule has 7 rings (SSSR count). The van der Waals surface area contributed by atoms with Crippen molar-refractivity contribution in [3.63, 3.8) is 0 Å². The maximum Gasteiger partial charge on any atom is 0.336 e. The molecule has 3 aromatic carbocycles. The number of aryl methyl sites for hydroxylation is 1. The van der Waals surface area contributed by atoms with Gasteiger partial charge in [0.15, 0.2) is 17.4 Å². The number of carbonyl (C=O) groups is 3. The van der Waals surface area contributed by atoms with Gasteiger partial charge in [0.1, 0.15) is 6.61 Å². The largest absolute Gasteiger partial charge is 0.488 e. The minimum absolute atomic E-state index is 0.0382. The standard InChI is InChI=1S/C39H41F3N4O6/c40-28-12-13-29(41)34(33(28)42)51-16-4-7-23-8-10-25(11-9-23)27-18-39(38(14-15-38)37(43)50)22-46(35(48)30-17-26(47)19-44-30)20-31(45-39)32(27)36(49)52-21-24-5-2-1-3-6-24/h1-3,5-6,8-13,26,30-31,44-45,47H,4,7,14-22H2,(H2,43,50)/t26-,30?,31-,39+/m1/s1. The molecule has 2 saturated heterocycles. The van der Waals surface area contributed by atoms with Crippen molar-refractivity contribution in [2.24, 2.45) is 11.1 Å². The highest BCUT2D eigenvalue weighted by Gasteiger charge is 2.67. The molecule has 3 aromatic rings. The number of primary amides is 1. The summed E-state index contributed by atoms with van der Waals surface area (Å²) in [6.45, 7) is 0.637. The number of benzene rings is 3. The van der Waals surface area contributed by atoms with Crippen LogP contribution in [-0.2, 0) is 32.1 Å². The number of aliphatic hydroxyl groups excluding tert-OH is 1. The van der Waals surface area contributed by atoms with Gasteiger partial charge in [0, 0.05) is 19.6 Å². The molecule has 1 saturated carbocycles. The van der Waals surface area contributed by atoms with Gasteiger partial charge in [0.2, 0.25) is 17.6 Å². The second kappa shape index (κ2) is 14.4. The zero-order valence-corrected chi connectivity index (χ0v) is 28.5. The van der Waals surface area contributed by atoms with Crippen LogP contribution in [0, 0.1) is 22.9 Å². The van der Waals surface area contributed by atoms with Crippen LogP contribution in [0.3, 0.4) is 0 Å². The Labute approximate surface area is 299 Å². The normalized spacial score (nSPS) is 24.8. The van der Waals surface area contributed by atoms with Crippen molar-refractivity contribution in [1.82, 2.24) is 15.5 Å². The highest BCUT2D eigenvalue weighted by Crippen LogP contribution is 2.59. The van der Waals surface area contributed by atoms with Crippen LogP contribution in [0.2, 0.25) is 0 Å². The van der Waals surface area contributed by atoms with E-state index in [0.29, 0.717) is 49.4 Å². The first kappa shape index (κ1) is 35.7. The fourth-order valence-corrected chi connectivity index (χ4v) is 8.04. The van der Waals surface area contributed by atoms with Gasteiger partial charge >= 0.3 is 5.97 Å². The zero-order valence-electron chi connectivity index (χ0n) is 28.5. The van der Waals surface area contributed by atoms with Gasteiger partial charge in [-0.25, -0.2) is 13.6 Å². The molecule has 4 aliphatic rings. The number of fused-ring (bicyclic) bond motifs is 2. The number of piperazine rings is 1. The van der Waals surface area contributed by atoms with Gasteiger partial charge in [-0.1, -0.05) is 54.6 Å². The number of nitrogens with zero attached hydrogens (tertiary/aromatic N) is 1. The molecule has 1 aliphatic carbocycles. The van der Waals surface area contributed by atoms with Crippen LogP contribution in [0.15, 0.2) is 72.3 Å². The van der Waals surface area contributed by atoms with Crippen LogP contribution in [0.1, 0.15) is 48.8 Å². The summed E-state index contributed by atoms with van der Waals surface area (Å²) >= 11 is 0. The Kier molecular flexibility index (Phi) is 9.85. The smallest absolute Gasteiger partial charge is 0.336 e. The Morgan fingerprint density at radius 3 is 2.37 bits per heavy atom. The molecule has 0 spiro atoms. The van der Waals surface area contributed by atoms with Gasteiger partial charge in [-0.2, -0.15) is 4.39 Å². The number of nitrogens with one attached hydrogen (secondary N) is 2. The molecule has 3 fully saturated rings. The molecule has 3 aliphatic heterocycles. The van der Waals surface area contributed by atoms with Crippen molar-refractivity contribution in [2.45, 2.75) is 68.9 Å². The van der Waals surface area contributed by atoms with Crippen molar-refractivity contribution in [3.8, 4) is 5.75 Å². The molecule has 5 N–H and O–H groups in total. The maximum absolute atomic E-state index is 14.1. The predicted molar refractivity (Wildman–Crippen MR) is 184 cm³/mol. The zero-order chi connectivity index (χ0) is 36.6. The second-order valence-electron chi connectivity index (χ2n) is 14.2. The first-order chi connectivity index (χ1) is 25.0. The lowest BCUT2D eigenvalue weighted by atomic mass is 9.67. The lowest BCUT2D eigenvalue weighted by Gasteiger charge is -2.55. The molecule has 3 heterocycles. The number of rotatable bonds is 12. The summed E-state index contributed by atoms with van der Waals surface area (Å²) in [5, 5.41) is 16.8. The minimum Gasteiger partial charge on any atom is -0.488 e. The Morgan fingerprint density at radius 2 is 1.69 bits per heavy atom. The fourth-order valence-electron chi connectivity index (χ4n) is 8.04. The number of nitrogens with two attached hydrogens (primary N) is 1. The van der Waals surface area contributed by atoms with Crippen LogP contribution in [-0.4, -0.2) is 77.8 Å². The van der Waals surface area contributed by atoms with Crippen LogP contribution < -0.4 is 21.1 Å². The lowest BCUT2D eigenvalue weighted by Crippen LogP contribution is -2.74. The number of hydrogen-bond donors (Lipinski definition) is 4. The van der Waals surface area contributed by atoms with Crippen molar-refractivity contribution in [1.29, 1.82) is 0 Å². The molecule has 0 radical (unpaired) electrons. The van der Waals surface area contributed by atoms with Crippen LogP contribution in [0.25, 0.3) is 5.57 Å². The van der Waals surface area contributed by atoms with Gasteiger partial charge in [0.05, 0.1) is 41.3 Å². The molecule has 13 heteroatoms. The number of esters is 1. The van der Waals surface area contributed by atoms with Gasteiger partial charge in [0.25, 0.3) is 0 Å². The highest BCUT2D eigenvalue weighted by atomic mass is 19.2. The Hall–Kier alpha value is -4.72. The Bertz CT molecular complexity index is 1890. The van der Waals surface area contributed by atoms with Crippen LogP contribution in [0.4, 0.5) is 13.2 Å². The van der Waals surface area contributed by atoms with Crippen molar-refractivity contribution in [3.05, 3.63) is 106 Å². The molecule has 10 nitrogen and oxygen atoms in total. The summed E-state index contributed by atoms with van der Waals surface area (Å²) < 4.78 is 52.6. The first-order valence-electron chi connectivity index (χ1n) is 17.6. The molecular weight excluding hydrogens is 677 g/mol. The van der Waals surface area contributed by atoms with Gasteiger partial charge in [-0.3, -0.25) is 14.9 Å². The molecule has 2 amide bonds. The average Bonchev–Trinajstić information content (AvgIpc) is 3.87. The van der Waals surface area contributed by atoms with Gasteiger partial charge in [-0.15, -0.1) is 0 Å². The SMILES string of the molecule is NC(=O)C1([C@]23CC(c4ccc(CCCOc5c(F)ccc(F)c5F)cc4)=C(C(=O)OCc4ccccc4)[C@@H](CN(C(=O)C4C[C@@H](O)CN4)C2)N3)CC1. The molecule has 52 heavy (non-hydrogen) atoms. The van der Waals surface area contributed by atoms with E-state index >= 15 is 0 Å². The lowest BCUT2D eigenvalue weighted by molar-refractivity contribution is -0.144. The van der Waals surface area contributed by atoms with E-state index in [1.807, 2.05) is 54.6 Å². The third kappa shape index (κ3) is 6.80. The summed E-state index contributed by atoms with van der Waals surface area (Å²) in [5.74, 6) is -5.51. The number of hydrogen-bond acceptors (Lipinski definition) is 8. The summed E-state index contributed by atoms with van der Waals surface area (Å²) in [7, 11) is 0. The number of amides is 2. The fraction of sp³-hybridized carbons (Fsp3) is 0.410. The second-order valence-corrected chi connectivity index (χ2v) is 14.2. The first-order valence-corrected chi connectivity index (χ1v) is 17.6. The number of carbonyl (C=O) groups excluding carboxylic acids is 3. The third-order valence-electron chi connectivity index (χ3n) is 10.9. The van der Waals surface area contributed by atoms with Crippen LogP contribution >= 0.6 is 0 Å². The number of halogens is 3. The van der Waals surface area contributed by atoms with E-state index in [4.69, 9.17) is 15.2 Å². The quantitative estimate of drug-likeness (QED) is 0.127. The van der Waals surface area contributed by atoms with Gasteiger partial charge < -0.3 is 30.5 Å². The summed E-state index contributed by atoms with van der Waals surface area (Å²) in [4.78, 5) is 42.8. The van der Waals surface area contributed by atoms with Crippen molar-refractivity contribution in [2.75, 3.05) is 26.2 Å². The van der Waals surface area contributed by atoms with Crippen LogP contribution in [0.5, 0.6) is 5.75 Å². The van der Waals surface area contributed by atoms with Gasteiger partial charge in [-0.05, 0) is 72.9 Å². The average molecular weight is 719 g/mol. The topological polar surface area (TPSA) is 143 Å². The van der Waals surface area contributed by atoms with E-state index in [2.05, 4.69) is 10.6 Å². The van der Waals surface area contributed by atoms with E-state index in [1.54, 1.807) is 4.90 Å². The molecule has 2 bridgehead atoms.